The average Bonchev–Trinajstić information content (AvgIpc) is 3.48. The average molecular weight is 826 g/mol. The highest BCUT2D eigenvalue weighted by atomic mass is 31.2. The van der Waals surface area contributed by atoms with Crippen LogP contribution in [-0.4, -0.2) is 49.6 Å². The number of cyclic esters (lactones) is 1. The van der Waals surface area contributed by atoms with Crippen molar-refractivity contribution >= 4 is 49.2 Å². The lowest BCUT2D eigenvalue weighted by Gasteiger charge is -2.46. The van der Waals surface area contributed by atoms with E-state index in [-0.39, 0.29) is 53.9 Å². The number of hydrogen-bond donors (Lipinski definition) is 0. The van der Waals surface area contributed by atoms with Crippen LogP contribution in [0.3, 0.4) is 0 Å². The van der Waals surface area contributed by atoms with Crippen LogP contribution in [0.15, 0.2) is 109 Å². The van der Waals surface area contributed by atoms with Crippen LogP contribution in [0, 0.1) is 5.82 Å². The number of halogens is 1. The molecule has 58 heavy (non-hydrogen) atoms. The first-order chi connectivity index (χ1) is 27.5. The van der Waals surface area contributed by atoms with E-state index in [1.165, 1.54) is 12.1 Å². The fourth-order valence-electron chi connectivity index (χ4n) is 8.07. The molecule has 4 aromatic carbocycles. The topological polar surface area (TPSA) is 85.2 Å². The number of rotatable bonds is 15. The monoisotopic (exact) mass is 825 g/mol. The van der Waals surface area contributed by atoms with Gasteiger partial charge in [-0.3, -0.25) is 9.36 Å². The summed E-state index contributed by atoms with van der Waals surface area (Å²) >= 11 is 0. The highest BCUT2D eigenvalue weighted by molar-refractivity contribution is 7.53. The summed E-state index contributed by atoms with van der Waals surface area (Å²) in [5, 5.41) is 2.90. The molecule has 1 saturated heterocycles. The number of hydrogen-bond acceptors (Lipinski definition) is 7. The van der Waals surface area contributed by atoms with E-state index < -0.39 is 22.0 Å². The summed E-state index contributed by atoms with van der Waals surface area (Å²) in [6.45, 7) is 18.1. The third-order valence-electron chi connectivity index (χ3n) is 10.2. The van der Waals surface area contributed by atoms with Crippen LogP contribution in [0.1, 0.15) is 86.9 Å². The molecule has 0 amide bonds. The Balaban J connectivity index is 1.39. The minimum atomic E-state index is -3.58. The van der Waals surface area contributed by atoms with E-state index in [1.807, 2.05) is 42.5 Å². The summed E-state index contributed by atoms with van der Waals surface area (Å²) in [4.78, 5) is 13.4. The standard InChI is InChI=1S/C47H57FNO7PSi/c1-32(2)49-43-26-24-37(52-31-57(51,54-33(3)4)55-34(5)6)29-42(43)46(35-20-22-36(48)23-21-35)44(49)27-25-38-28-39(30-45(50)53-38)56-58(47(7,8)9,40-16-12-10-13-17-40)41-18-14-11-15-19-41/h10-27,29,32-34,38-39H,28,30-31H2,1-9H3/t38-,39-/m1/s1. The number of benzene rings is 4. The summed E-state index contributed by atoms with van der Waals surface area (Å²) in [6.07, 6.45) is 2.74. The van der Waals surface area contributed by atoms with Crippen molar-refractivity contribution in [2.24, 2.45) is 0 Å². The maximum Gasteiger partial charge on any atom is 0.368 e. The fourth-order valence-corrected chi connectivity index (χ4v) is 14.5. The van der Waals surface area contributed by atoms with Gasteiger partial charge in [-0.15, -0.1) is 0 Å². The minimum Gasteiger partial charge on any atom is -0.481 e. The highest BCUT2D eigenvalue weighted by Crippen LogP contribution is 2.51. The second kappa shape index (κ2) is 17.9. The number of carbonyl (C=O) groups excluding carboxylic acids is 1. The van der Waals surface area contributed by atoms with E-state index in [9.17, 15) is 13.8 Å². The fraction of sp³-hybridized carbons (Fsp3) is 0.383. The molecule has 0 bridgehead atoms. The van der Waals surface area contributed by atoms with Gasteiger partial charge in [-0.2, -0.15) is 0 Å². The smallest absolute Gasteiger partial charge is 0.368 e. The lowest BCUT2D eigenvalue weighted by Crippen LogP contribution is -2.68. The van der Waals surface area contributed by atoms with E-state index in [4.69, 9.17) is 22.9 Å². The van der Waals surface area contributed by atoms with Crippen molar-refractivity contribution < 1.29 is 36.7 Å². The van der Waals surface area contributed by atoms with Gasteiger partial charge in [-0.1, -0.05) is 93.6 Å². The quantitative estimate of drug-likeness (QED) is 0.0590. The van der Waals surface area contributed by atoms with E-state index in [1.54, 1.807) is 39.8 Å². The van der Waals surface area contributed by atoms with E-state index in [0.717, 1.165) is 38.1 Å². The maximum atomic E-state index is 14.3. The van der Waals surface area contributed by atoms with Gasteiger partial charge >= 0.3 is 13.6 Å². The van der Waals surface area contributed by atoms with Crippen molar-refractivity contribution in [1.29, 1.82) is 0 Å². The molecule has 0 unspecified atom stereocenters. The predicted molar refractivity (Wildman–Crippen MR) is 234 cm³/mol. The Morgan fingerprint density at radius 1 is 0.862 bits per heavy atom. The molecule has 1 aromatic heterocycles. The molecule has 0 N–H and O–H groups in total. The van der Waals surface area contributed by atoms with Crippen molar-refractivity contribution in [2.45, 2.75) is 111 Å². The molecule has 5 aromatic rings. The molecule has 1 fully saturated rings. The van der Waals surface area contributed by atoms with Crippen molar-refractivity contribution in [3.63, 3.8) is 0 Å². The molecule has 11 heteroatoms. The van der Waals surface area contributed by atoms with Gasteiger partial charge in [-0.05, 0) is 105 Å². The molecule has 6 rings (SSSR count). The Labute approximate surface area is 344 Å². The number of aromatic nitrogens is 1. The van der Waals surface area contributed by atoms with Gasteiger partial charge in [0.05, 0.1) is 24.7 Å². The minimum absolute atomic E-state index is 0.0161. The van der Waals surface area contributed by atoms with Gasteiger partial charge < -0.3 is 27.5 Å². The summed E-state index contributed by atoms with van der Waals surface area (Å²) in [5.41, 5.74) is 3.44. The van der Waals surface area contributed by atoms with Crippen molar-refractivity contribution in [1.82, 2.24) is 4.57 Å². The third kappa shape index (κ3) is 9.59. The number of fused-ring (bicyclic) bond motifs is 1. The summed E-state index contributed by atoms with van der Waals surface area (Å²) in [5.74, 6) is -0.171. The molecule has 2 heterocycles. The zero-order valence-electron chi connectivity index (χ0n) is 35.1. The Kier molecular flexibility index (Phi) is 13.4. The molecule has 0 aliphatic carbocycles. The first-order valence-electron chi connectivity index (χ1n) is 20.2. The molecule has 0 radical (unpaired) electrons. The van der Waals surface area contributed by atoms with Crippen LogP contribution < -0.4 is 15.1 Å². The lowest BCUT2D eigenvalue weighted by atomic mass is 10.00. The third-order valence-corrected chi connectivity index (χ3v) is 17.2. The summed E-state index contributed by atoms with van der Waals surface area (Å²) < 4.78 is 61.2. The Bertz CT molecular complexity index is 2190. The van der Waals surface area contributed by atoms with Crippen molar-refractivity contribution in [3.05, 3.63) is 121 Å². The highest BCUT2D eigenvalue weighted by Gasteiger charge is 2.52. The SMILES string of the molecule is CC(C)OP(=O)(COc1ccc2c(c1)c(-c1ccc(F)cc1)c(C=C[C@@H]1C[C@@H](O[Si](c3ccccc3)(c3ccccc3)C(C)(C)C)CC(=O)O1)n2C(C)C)OC(C)C. The number of ether oxygens (including phenoxy) is 2. The van der Waals surface area contributed by atoms with Gasteiger partial charge in [0.25, 0.3) is 8.32 Å². The Morgan fingerprint density at radius 2 is 1.45 bits per heavy atom. The molecule has 8 nitrogen and oxygen atoms in total. The largest absolute Gasteiger partial charge is 0.481 e. The van der Waals surface area contributed by atoms with Crippen LogP contribution >= 0.6 is 7.60 Å². The first-order valence-corrected chi connectivity index (χ1v) is 23.8. The van der Waals surface area contributed by atoms with Crippen LogP contribution in [0.2, 0.25) is 5.04 Å². The molecular formula is C47H57FNO7PSi. The molecule has 0 spiro atoms. The second-order valence-electron chi connectivity index (χ2n) is 16.8. The molecule has 0 saturated carbocycles. The number of esters is 1. The lowest BCUT2D eigenvalue weighted by molar-refractivity contribution is -0.155. The van der Waals surface area contributed by atoms with Crippen molar-refractivity contribution in [2.75, 3.05) is 6.35 Å². The van der Waals surface area contributed by atoms with Gasteiger partial charge in [0.15, 0.2) is 6.35 Å². The zero-order valence-corrected chi connectivity index (χ0v) is 37.0. The molecular weight excluding hydrogens is 769 g/mol. The Hall–Kier alpha value is -4.31. The number of nitrogens with zero attached hydrogens (tertiary/aromatic N) is 1. The van der Waals surface area contributed by atoms with Crippen LogP contribution in [0.25, 0.3) is 28.1 Å². The van der Waals surface area contributed by atoms with Gasteiger partial charge in [0.1, 0.15) is 17.7 Å². The molecule has 2 atom stereocenters. The van der Waals surface area contributed by atoms with E-state index >= 15 is 0 Å². The van der Waals surface area contributed by atoms with Gasteiger partial charge in [-0.25, -0.2) is 4.39 Å². The maximum absolute atomic E-state index is 14.3. The number of carbonyl (C=O) groups is 1. The zero-order chi connectivity index (χ0) is 41.8. The van der Waals surface area contributed by atoms with Gasteiger partial charge in [0, 0.05) is 34.6 Å². The Morgan fingerprint density at radius 3 is 1.98 bits per heavy atom. The summed E-state index contributed by atoms with van der Waals surface area (Å²) in [7, 11) is -6.52. The van der Waals surface area contributed by atoms with E-state index in [0.29, 0.717) is 12.2 Å². The van der Waals surface area contributed by atoms with Gasteiger partial charge in [0.2, 0.25) is 0 Å². The van der Waals surface area contributed by atoms with Crippen LogP contribution in [0.5, 0.6) is 5.75 Å². The normalized spacial score (nSPS) is 16.9. The van der Waals surface area contributed by atoms with Crippen LogP contribution in [-0.2, 0) is 27.6 Å². The molecule has 1 aliphatic rings. The first kappa shape index (κ1) is 43.3. The molecule has 1 aliphatic heterocycles. The van der Waals surface area contributed by atoms with Crippen LogP contribution in [0.4, 0.5) is 4.39 Å². The molecule has 308 valence electrons. The van der Waals surface area contributed by atoms with Crippen molar-refractivity contribution in [3.8, 4) is 16.9 Å². The van der Waals surface area contributed by atoms with E-state index in [2.05, 4.69) is 87.7 Å². The predicted octanol–water partition coefficient (Wildman–Crippen LogP) is 11.1. The summed E-state index contributed by atoms with van der Waals surface area (Å²) in [6, 6.07) is 33.0. The second-order valence-corrected chi connectivity index (χ2v) is 23.0.